The third-order valence-corrected chi connectivity index (χ3v) is 9.12. The lowest BCUT2D eigenvalue weighted by Gasteiger charge is -2.33. The molecule has 2 fully saturated rings. The van der Waals surface area contributed by atoms with Crippen molar-refractivity contribution in [3.63, 3.8) is 0 Å². The number of carbonyl (C=O) groups excluding carboxylic acids is 3. The van der Waals surface area contributed by atoms with Crippen molar-refractivity contribution in [3.8, 4) is 0 Å². The smallest absolute Gasteiger partial charge is 0.331 e. The molecule has 3 aliphatic rings. The molecular weight excluding hydrogens is 579 g/mol. The van der Waals surface area contributed by atoms with Gasteiger partial charge < -0.3 is 20.4 Å². The van der Waals surface area contributed by atoms with Gasteiger partial charge in [0, 0.05) is 63.4 Å². The van der Waals surface area contributed by atoms with Crippen molar-refractivity contribution in [1.29, 1.82) is 0 Å². The van der Waals surface area contributed by atoms with Gasteiger partial charge in [-0.05, 0) is 81.2 Å². The summed E-state index contributed by atoms with van der Waals surface area (Å²) in [5.74, 6) is -0.671. The Bertz CT molecular complexity index is 1810. The summed E-state index contributed by atoms with van der Waals surface area (Å²) in [6.07, 6.45) is 3.94. The molecule has 3 heterocycles. The van der Waals surface area contributed by atoms with Crippen LogP contribution in [0.15, 0.2) is 39.9 Å². The molecule has 0 unspecified atom stereocenters. The van der Waals surface area contributed by atoms with E-state index in [1.807, 2.05) is 12.1 Å². The number of hydrogen-bond donors (Lipinski definition) is 2. The maximum Gasteiger partial charge on any atom is 0.331 e. The van der Waals surface area contributed by atoms with Crippen LogP contribution in [0.2, 0.25) is 0 Å². The average Bonchev–Trinajstić information content (AvgIpc) is 3.84. The number of anilines is 1. The monoisotopic (exact) mass is 618 g/mol. The van der Waals surface area contributed by atoms with E-state index in [1.165, 1.54) is 20.1 Å². The summed E-state index contributed by atoms with van der Waals surface area (Å²) in [7, 11) is 0. The lowest BCUT2D eigenvalue weighted by atomic mass is 9.96. The van der Waals surface area contributed by atoms with Crippen molar-refractivity contribution in [1.82, 2.24) is 24.3 Å². The molecule has 11 nitrogen and oxygen atoms in total. The molecular formula is C33H39FN6O5. The van der Waals surface area contributed by atoms with Gasteiger partial charge in [0.05, 0.1) is 16.6 Å². The van der Waals surface area contributed by atoms with Gasteiger partial charge in [0.2, 0.25) is 5.91 Å². The molecule has 1 aliphatic carbocycles. The topological polar surface area (TPSA) is 126 Å². The minimum Gasteiger partial charge on any atom is -0.348 e. The first-order valence-corrected chi connectivity index (χ1v) is 15.7. The molecule has 45 heavy (non-hydrogen) atoms. The summed E-state index contributed by atoms with van der Waals surface area (Å²) in [5, 5.41) is 5.83. The van der Waals surface area contributed by atoms with Crippen LogP contribution in [0.3, 0.4) is 0 Å². The normalized spacial score (nSPS) is 18.2. The number of carbonyl (C=O) groups is 3. The van der Waals surface area contributed by atoms with Gasteiger partial charge in [-0.25, -0.2) is 14.0 Å². The van der Waals surface area contributed by atoms with E-state index in [9.17, 15) is 24.0 Å². The highest BCUT2D eigenvalue weighted by Crippen LogP contribution is 2.30. The van der Waals surface area contributed by atoms with Crippen molar-refractivity contribution in [2.24, 2.45) is 5.92 Å². The number of nitrogens with zero attached hydrogens (tertiary/aromatic N) is 4. The summed E-state index contributed by atoms with van der Waals surface area (Å²) in [4.78, 5) is 68.0. The molecule has 1 aromatic heterocycles. The second kappa shape index (κ2) is 12.1. The van der Waals surface area contributed by atoms with Gasteiger partial charge in [-0.15, -0.1) is 0 Å². The maximum atomic E-state index is 15.4. The van der Waals surface area contributed by atoms with Gasteiger partial charge in [0.15, 0.2) is 0 Å². The minimum atomic E-state index is -0.746. The Morgan fingerprint density at radius 1 is 1.00 bits per heavy atom. The zero-order valence-electron chi connectivity index (χ0n) is 25.9. The number of benzene rings is 2. The number of nitrogens with one attached hydrogen (secondary N) is 2. The Labute approximate surface area is 260 Å². The number of fused-ring (bicyclic) bond motifs is 2. The summed E-state index contributed by atoms with van der Waals surface area (Å²) < 4.78 is 18.0. The number of piperidine rings is 1. The zero-order chi connectivity index (χ0) is 32.0. The summed E-state index contributed by atoms with van der Waals surface area (Å²) in [6, 6.07) is 6.85. The number of aromatic nitrogens is 2. The number of urea groups is 1. The molecule has 238 valence electrons. The quantitative estimate of drug-likeness (QED) is 0.437. The highest BCUT2D eigenvalue weighted by atomic mass is 19.1. The van der Waals surface area contributed by atoms with Gasteiger partial charge in [0.1, 0.15) is 5.82 Å². The van der Waals surface area contributed by atoms with Crippen LogP contribution in [0.25, 0.3) is 10.9 Å². The van der Waals surface area contributed by atoms with Gasteiger partial charge in [-0.3, -0.25) is 23.5 Å². The second-order valence-corrected chi connectivity index (χ2v) is 12.8. The van der Waals surface area contributed by atoms with Crippen LogP contribution in [0, 0.1) is 11.7 Å². The predicted octanol–water partition coefficient (Wildman–Crippen LogP) is 3.62. The van der Waals surface area contributed by atoms with Gasteiger partial charge >= 0.3 is 11.7 Å². The number of halogens is 1. The number of hydrogen-bond acceptors (Lipinski definition) is 5. The zero-order valence-corrected chi connectivity index (χ0v) is 25.9. The third kappa shape index (κ3) is 6.23. The molecule has 1 atom stereocenters. The fourth-order valence-electron chi connectivity index (χ4n) is 6.42. The van der Waals surface area contributed by atoms with Crippen LogP contribution < -0.4 is 21.9 Å². The highest BCUT2D eigenvalue weighted by molar-refractivity contribution is 5.95. The largest absolute Gasteiger partial charge is 0.348 e. The summed E-state index contributed by atoms with van der Waals surface area (Å²) in [5.41, 5.74) is 1.71. The molecule has 0 bridgehead atoms. The van der Waals surface area contributed by atoms with E-state index in [1.54, 1.807) is 31.7 Å². The molecule has 2 aliphatic heterocycles. The molecule has 0 spiro atoms. The van der Waals surface area contributed by atoms with Crippen LogP contribution in [0.1, 0.15) is 74.0 Å². The second-order valence-electron chi connectivity index (χ2n) is 12.8. The first-order chi connectivity index (χ1) is 21.5. The van der Waals surface area contributed by atoms with Crippen molar-refractivity contribution in [2.75, 3.05) is 25.0 Å². The molecule has 1 saturated carbocycles. The van der Waals surface area contributed by atoms with Crippen molar-refractivity contribution in [3.05, 3.63) is 73.7 Å². The number of rotatable bonds is 6. The standard InChI is InChI=1S/C33H39FN6O5/c1-19(2)40-29-15-27(34)28(14-26(29)31(43)39(33(40)45)16-21-6-7-21)36-32(44)38-11-4-5-25(18-38)35-30(42)23-8-9-24-17-37(20(3)41)12-10-22(24)13-23/h8-9,13-15,19,21,25H,4-7,10-12,16-18H2,1-3H3,(H,35,42)(H,36,44)/t25-/m1/s1. The van der Waals surface area contributed by atoms with Crippen molar-refractivity contribution < 1.29 is 18.8 Å². The van der Waals surface area contributed by atoms with E-state index in [0.717, 1.165) is 30.0 Å². The summed E-state index contributed by atoms with van der Waals surface area (Å²) in [6.45, 7) is 7.31. The van der Waals surface area contributed by atoms with Crippen LogP contribution in [0.4, 0.5) is 14.9 Å². The van der Waals surface area contributed by atoms with E-state index < -0.39 is 23.1 Å². The van der Waals surface area contributed by atoms with Crippen LogP contribution in [-0.4, -0.2) is 62.5 Å². The SMILES string of the molecule is CC(=O)N1CCc2cc(C(=O)N[C@@H]3CCCN(C(=O)Nc4cc5c(=O)n(CC6CC6)c(=O)n(C(C)C)c5cc4F)C3)ccc2C1. The van der Waals surface area contributed by atoms with Gasteiger partial charge in [0.25, 0.3) is 11.5 Å². The molecule has 2 aromatic carbocycles. The molecule has 1 saturated heterocycles. The first kappa shape index (κ1) is 30.5. The molecule has 3 aromatic rings. The molecule has 2 N–H and O–H groups in total. The van der Waals surface area contributed by atoms with Gasteiger partial charge in [-0.1, -0.05) is 6.07 Å². The van der Waals surface area contributed by atoms with Crippen LogP contribution in [0.5, 0.6) is 0 Å². The number of amides is 4. The fourth-order valence-corrected chi connectivity index (χ4v) is 6.42. The van der Waals surface area contributed by atoms with Crippen molar-refractivity contribution >= 4 is 34.4 Å². The van der Waals surface area contributed by atoms with Crippen molar-refractivity contribution in [2.45, 2.75) is 78.0 Å². The Kier molecular flexibility index (Phi) is 8.23. The lowest BCUT2D eigenvalue weighted by Crippen LogP contribution is -2.50. The van der Waals surface area contributed by atoms with Gasteiger partial charge in [-0.2, -0.15) is 0 Å². The molecule has 6 rings (SSSR count). The molecule has 12 heteroatoms. The van der Waals surface area contributed by atoms with E-state index in [0.29, 0.717) is 51.0 Å². The van der Waals surface area contributed by atoms with E-state index in [-0.39, 0.29) is 53.0 Å². The fraction of sp³-hybridized carbons (Fsp3) is 0.485. The average molecular weight is 619 g/mol. The van der Waals surface area contributed by atoms with E-state index in [4.69, 9.17) is 0 Å². The molecule has 4 amide bonds. The van der Waals surface area contributed by atoms with E-state index in [2.05, 4.69) is 10.6 Å². The maximum absolute atomic E-state index is 15.4. The Hall–Kier alpha value is -4.48. The lowest BCUT2D eigenvalue weighted by molar-refractivity contribution is -0.129. The molecule has 0 radical (unpaired) electrons. The first-order valence-electron chi connectivity index (χ1n) is 15.7. The highest BCUT2D eigenvalue weighted by Gasteiger charge is 2.28. The van der Waals surface area contributed by atoms with Crippen LogP contribution in [-0.2, 0) is 24.3 Å². The van der Waals surface area contributed by atoms with Crippen LogP contribution >= 0.6 is 0 Å². The predicted molar refractivity (Wildman–Crippen MR) is 168 cm³/mol. The Morgan fingerprint density at radius 3 is 2.49 bits per heavy atom. The Balaban J connectivity index is 1.16. The Morgan fingerprint density at radius 2 is 1.78 bits per heavy atom. The number of likely N-dealkylation sites (tertiary alicyclic amines) is 1. The van der Waals surface area contributed by atoms with E-state index >= 15 is 4.39 Å². The summed E-state index contributed by atoms with van der Waals surface area (Å²) >= 11 is 0. The third-order valence-electron chi connectivity index (χ3n) is 9.12. The minimum absolute atomic E-state index is 0.0287.